The largest absolute Gasteiger partial charge is 0.384 e. The van der Waals surface area contributed by atoms with Gasteiger partial charge in [0.15, 0.2) is 0 Å². The maximum absolute atomic E-state index is 12.4. The monoisotopic (exact) mass is 299 g/mol. The molecular weight excluding hydrogens is 286 g/mol. The molecule has 0 atom stereocenters. The molecule has 0 saturated heterocycles. The van der Waals surface area contributed by atoms with Crippen molar-refractivity contribution in [3.63, 3.8) is 0 Å². The van der Waals surface area contributed by atoms with Gasteiger partial charge in [0.25, 0.3) is 5.91 Å². The quantitative estimate of drug-likeness (QED) is 0.866. The molecule has 2 rings (SSSR count). The Hall–Kier alpha value is -2.28. The Morgan fingerprint density at radius 3 is 2.57 bits per heavy atom. The number of hydrogen-bond donors (Lipinski definition) is 1. The molecule has 21 heavy (non-hydrogen) atoms. The summed E-state index contributed by atoms with van der Waals surface area (Å²) in [4.78, 5) is 14.0. The molecule has 1 amide bonds. The zero-order valence-electron chi connectivity index (χ0n) is 11.5. The summed E-state index contributed by atoms with van der Waals surface area (Å²) in [5, 5.41) is 9.07. The van der Waals surface area contributed by atoms with Crippen LogP contribution in [-0.2, 0) is 0 Å². The van der Waals surface area contributed by atoms with Gasteiger partial charge in [-0.2, -0.15) is 0 Å². The fourth-order valence-electron chi connectivity index (χ4n) is 1.85. The van der Waals surface area contributed by atoms with Crippen molar-refractivity contribution in [2.45, 2.75) is 0 Å². The van der Waals surface area contributed by atoms with Crippen molar-refractivity contribution in [2.24, 2.45) is 0 Å². The Kier molecular flexibility index (Phi) is 4.99. The highest BCUT2D eigenvalue weighted by Crippen LogP contribution is 2.20. The van der Waals surface area contributed by atoms with Gasteiger partial charge in [0.2, 0.25) is 0 Å². The van der Waals surface area contributed by atoms with Crippen LogP contribution >= 0.6 is 11.6 Å². The SMILES string of the molecule is CN(C(=O)c1ccc(C#CCO)c(Cl)c1)c1ccccc1. The standard InChI is InChI=1S/C17H14ClNO2/c1-19(15-7-3-2-4-8-15)17(21)14-10-9-13(6-5-11-20)16(18)12-14/h2-4,7-10,12,20H,11H2,1H3. The molecular formula is C17H14ClNO2. The summed E-state index contributed by atoms with van der Waals surface area (Å²) < 4.78 is 0. The highest BCUT2D eigenvalue weighted by atomic mass is 35.5. The topological polar surface area (TPSA) is 40.5 Å². The molecule has 106 valence electrons. The molecule has 0 aromatic heterocycles. The Labute approximate surface area is 128 Å². The van der Waals surface area contributed by atoms with E-state index in [0.717, 1.165) is 5.69 Å². The van der Waals surface area contributed by atoms with Gasteiger partial charge in [-0.05, 0) is 30.3 Å². The summed E-state index contributed by atoms with van der Waals surface area (Å²) >= 11 is 6.11. The molecule has 1 N–H and O–H groups in total. The Bertz CT molecular complexity index is 702. The number of aliphatic hydroxyl groups excluding tert-OH is 1. The first kappa shape index (κ1) is 15.1. The number of halogens is 1. The molecule has 2 aromatic rings. The zero-order chi connectivity index (χ0) is 15.2. The van der Waals surface area contributed by atoms with Crippen molar-refractivity contribution in [1.29, 1.82) is 0 Å². The lowest BCUT2D eigenvalue weighted by Crippen LogP contribution is -2.26. The van der Waals surface area contributed by atoms with Crippen LogP contribution in [0.5, 0.6) is 0 Å². The van der Waals surface area contributed by atoms with E-state index in [1.54, 1.807) is 30.1 Å². The van der Waals surface area contributed by atoms with Crippen LogP contribution in [0.4, 0.5) is 5.69 Å². The van der Waals surface area contributed by atoms with E-state index in [1.807, 2.05) is 30.3 Å². The predicted octanol–water partition coefficient (Wildman–Crippen LogP) is 2.96. The molecule has 0 bridgehead atoms. The molecule has 2 aromatic carbocycles. The number of carbonyl (C=O) groups is 1. The molecule has 0 aliphatic heterocycles. The number of nitrogens with zero attached hydrogens (tertiary/aromatic N) is 1. The lowest BCUT2D eigenvalue weighted by atomic mass is 10.1. The first-order valence-electron chi connectivity index (χ1n) is 6.36. The number of aliphatic hydroxyl groups is 1. The summed E-state index contributed by atoms with van der Waals surface area (Å²) in [6, 6.07) is 14.3. The maximum atomic E-state index is 12.4. The van der Waals surface area contributed by atoms with Crippen LogP contribution in [0.15, 0.2) is 48.5 Å². The third-order valence-electron chi connectivity index (χ3n) is 2.97. The number of hydrogen-bond acceptors (Lipinski definition) is 2. The van der Waals surface area contributed by atoms with Gasteiger partial charge in [-0.15, -0.1) is 0 Å². The van der Waals surface area contributed by atoms with E-state index in [0.29, 0.717) is 16.1 Å². The summed E-state index contributed by atoms with van der Waals surface area (Å²) in [5.74, 6) is 5.11. The van der Waals surface area contributed by atoms with E-state index in [-0.39, 0.29) is 12.5 Å². The van der Waals surface area contributed by atoms with Crippen molar-refractivity contribution in [1.82, 2.24) is 0 Å². The van der Waals surface area contributed by atoms with Crippen molar-refractivity contribution in [2.75, 3.05) is 18.6 Å². The van der Waals surface area contributed by atoms with E-state index < -0.39 is 0 Å². The van der Waals surface area contributed by atoms with Crippen LogP contribution in [-0.4, -0.2) is 24.7 Å². The maximum Gasteiger partial charge on any atom is 0.258 e. The van der Waals surface area contributed by atoms with Gasteiger partial charge in [-0.25, -0.2) is 0 Å². The third kappa shape index (κ3) is 3.63. The first-order valence-corrected chi connectivity index (χ1v) is 6.73. The molecule has 0 aliphatic rings. The summed E-state index contributed by atoms with van der Waals surface area (Å²) in [6.45, 7) is -0.228. The minimum atomic E-state index is -0.228. The number of amides is 1. The van der Waals surface area contributed by atoms with Crippen molar-refractivity contribution >= 4 is 23.2 Å². The van der Waals surface area contributed by atoms with Crippen LogP contribution < -0.4 is 4.90 Å². The summed E-state index contributed by atoms with van der Waals surface area (Å²) in [6.07, 6.45) is 0. The van der Waals surface area contributed by atoms with E-state index in [4.69, 9.17) is 16.7 Å². The Morgan fingerprint density at radius 2 is 1.95 bits per heavy atom. The van der Waals surface area contributed by atoms with Crippen LogP contribution in [0.2, 0.25) is 5.02 Å². The van der Waals surface area contributed by atoms with E-state index in [2.05, 4.69) is 11.8 Å². The summed E-state index contributed by atoms with van der Waals surface area (Å²) in [5.41, 5.74) is 1.88. The molecule has 0 radical (unpaired) electrons. The average Bonchev–Trinajstić information content (AvgIpc) is 2.53. The van der Waals surface area contributed by atoms with Gasteiger partial charge in [0.1, 0.15) is 6.61 Å². The lowest BCUT2D eigenvalue weighted by molar-refractivity contribution is 0.0993. The van der Waals surface area contributed by atoms with E-state index in [9.17, 15) is 4.79 Å². The van der Waals surface area contributed by atoms with Gasteiger partial charge in [-0.3, -0.25) is 4.79 Å². The van der Waals surface area contributed by atoms with Gasteiger partial charge < -0.3 is 10.0 Å². The third-order valence-corrected chi connectivity index (χ3v) is 3.28. The molecule has 0 fully saturated rings. The fourth-order valence-corrected chi connectivity index (χ4v) is 2.07. The molecule has 0 saturated carbocycles. The van der Waals surface area contributed by atoms with Gasteiger partial charge >= 0.3 is 0 Å². The van der Waals surface area contributed by atoms with Crippen LogP contribution in [0, 0.1) is 11.8 Å². The fraction of sp³-hybridized carbons (Fsp3) is 0.118. The minimum Gasteiger partial charge on any atom is -0.384 e. The van der Waals surface area contributed by atoms with E-state index >= 15 is 0 Å². The minimum absolute atomic E-state index is 0.148. The summed E-state index contributed by atoms with van der Waals surface area (Å²) in [7, 11) is 1.71. The normalized spacial score (nSPS) is 9.67. The molecule has 4 heteroatoms. The number of carbonyl (C=O) groups excluding carboxylic acids is 1. The molecule has 0 heterocycles. The Morgan fingerprint density at radius 1 is 1.24 bits per heavy atom. The molecule has 0 unspecified atom stereocenters. The van der Waals surface area contributed by atoms with Crippen molar-refractivity contribution in [3.05, 3.63) is 64.7 Å². The second-order valence-electron chi connectivity index (χ2n) is 4.35. The highest BCUT2D eigenvalue weighted by Gasteiger charge is 2.14. The first-order chi connectivity index (χ1) is 10.1. The predicted molar refractivity (Wildman–Crippen MR) is 84.6 cm³/mol. The smallest absolute Gasteiger partial charge is 0.258 e. The Balaban J connectivity index is 2.26. The number of rotatable bonds is 2. The van der Waals surface area contributed by atoms with Crippen LogP contribution in [0.3, 0.4) is 0 Å². The van der Waals surface area contributed by atoms with Gasteiger partial charge in [0, 0.05) is 23.9 Å². The van der Waals surface area contributed by atoms with Crippen molar-refractivity contribution in [3.8, 4) is 11.8 Å². The number of benzene rings is 2. The molecule has 0 spiro atoms. The number of anilines is 1. The zero-order valence-corrected chi connectivity index (χ0v) is 12.3. The van der Waals surface area contributed by atoms with Crippen LogP contribution in [0.25, 0.3) is 0 Å². The highest BCUT2D eigenvalue weighted by molar-refractivity contribution is 6.32. The van der Waals surface area contributed by atoms with Gasteiger partial charge in [-0.1, -0.05) is 41.6 Å². The average molecular weight is 300 g/mol. The van der Waals surface area contributed by atoms with Gasteiger partial charge in [0.05, 0.1) is 5.02 Å². The van der Waals surface area contributed by atoms with Crippen LogP contribution in [0.1, 0.15) is 15.9 Å². The lowest BCUT2D eigenvalue weighted by Gasteiger charge is -2.17. The van der Waals surface area contributed by atoms with E-state index in [1.165, 1.54) is 0 Å². The number of para-hydroxylation sites is 1. The molecule has 3 nitrogen and oxygen atoms in total. The van der Waals surface area contributed by atoms with Crippen molar-refractivity contribution < 1.29 is 9.90 Å². The second kappa shape index (κ2) is 6.94. The molecule has 0 aliphatic carbocycles. The second-order valence-corrected chi connectivity index (χ2v) is 4.76.